The second kappa shape index (κ2) is 8.75. The van der Waals surface area contributed by atoms with Gasteiger partial charge in [0, 0.05) is 36.4 Å². The molecule has 6 nitrogen and oxygen atoms in total. The van der Waals surface area contributed by atoms with Gasteiger partial charge in [0.2, 0.25) is 11.8 Å². The maximum absolute atomic E-state index is 13.7. The first kappa shape index (κ1) is 23.2. The summed E-state index contributed by atoms with van der Waals surface area (Å²) in [7, 11) is 0. The van der Waals surface area contributed by atoms with E-state index in [1.807, 2.05) is 60.4 Å². The normalized spacial score (nSPS) is 19.2. The molecule has 2 atom stereocenters. The van der Waals surface area contributed by atoms with Gasteiger partial charge in [0.1, 0.15) is 6.04 Å². The molecule has 1 heterocycles. The van der Waals surface area contributed by atoms with Gasteiger partial charge in [-0.1, -0.05) is 61.5 Å². The fourth-order valence-corrected chi connectivity index (χ4v) is 5.16. The van der Waals surface area contributed by atoms with Crippen LogP contribution in [0.25, 0.3) is 0 Å². The topological polar surface area (TPSA) is 92.5 Å². The van der Waals surface area contributed by atoms with E-state index in [0.717, 1.165) is 29.5 Å². The van der Waals surface area contributed by atoms with Crippen LogP contribution in [-0.4, -0.2) is 47.2 Å². The third-order valence-electron chi connectivity index (χ3n) is 7.29. The average Bonchev–Trinajstić information content (AvgIpc) is 3.08. The Kier molecular flexibility index (Phi) is 6.14. The van der Waals surface area contributed by atoms with Crippen molar-refractivity contribution < 1.29 is 14.4 Å². The number of nitrogens with two attached hydrogens (primary N) is 1. The van der Waals surface area contributed by atoms with Crippen LogP contribution in [0.3, 0.4) is 0 Å². The molecule has 1 spiro atoms. The minimum atomic E-state index is -1.09. The summed E-state index contributed by atoms with van der Waals surface area (Å²) in [6.07, 6.45) is 1.99. The quantitative estimate of drug-likeness (QED) is 0.736. The van der Waals surface area contributed by atoms with Crippen molar-refractivity contribution in [3.8, 4) is 0 Å². The van der Waals surface area contributed by atoms with Crippen LogP contribution in [0.15, 0.2) is 54.6 Å². The molecule has 0 radical (unpaired) electrons. The zero-order valence-electron chi connectivity index (χ0n) is 19.6. The van der Waals surface area contributed by atoms with Crippen molar-refractivity contribution in [2.75, 3.05) is 13.1 Å². The predicted molar refractivity (Wildman–Crippen MR) is 128 cm³/mol. The molecule has 0 saturated carbocycles. The summed E-state index contributed by atoms with van der Waals surface area (Å²) in [5.41, 5.74) is 7.66. The SMILES string of the molecule is C[C@@H](c1ccccc1)[C@H](NC(=O)C(C)(C)N)C(=O)N1CCC2(CC1)CC(=O)c1ccccc12. The predicted octanol–water partition coefficient (Wildman–Crippen LogP) is 3.16. The van der Waals surface area contributed by atoms with Crippen LogP contribution < -0.4 is 11.1 Å². The number of likely N-dealkylation sites (tertiary alicyclic amines) is 1. The van der Waals surface area contributed by atoms with E-state index in [2.05, 4.69) is 11.4 Å². The lowest BCUT2D eigenvalue weighted by molar-refractivity contribution is -0.139. The molecule has 1 fully saturated rings. The number of rotatable bonds is 5. The summed E-state index contributed by atoms with van der Waals surface area (Å²) in [6, 6.07) is 16.9. The first-order valence-corrected chi connectivity index (χ1v) is 11.7. The van der Waals surface area contributed by atoms with E-state index in [1.165, 1.54) is 0 Å². The lowest BCUT2D eigenvalue weighted by atomic mass is 9.73. The molecule has 33 heavy (non-hydrogen) atoms. The molecule has 2 aromatic rings. The third-order valence-corrected chi connectivity index (χ3v) is 7.29. The molecule has 3 N–H and O–H groups in total. The monoisotopic (exact) mass is 447 g/mol. The van der Waals surface area contributed by atoms with E-state index >= 15 is 0 Å². The van der Waals surface area contributed by atoms with Gasteiger partial charge in [-0.05, 0) is 37.8 Å². The maximum Gasteiger partial charge on any atom is 0.245 e. The van der Waals surface area contributed by atoms with Crippen LogP contribution >= 0.6 is 0 Å². The van der Waals surface area contributed by atoms with Gasteiger partial charge in [0.25, 0.3) is 0 Å². The van der Waals surface area contributed by atoms with Gasteiger partial charge in [0.05, 0.1) is 5.54 Å². The van der Waals surface area contributed by atoms with Crippen LogP contribution in [0, 0.1) is 0 Å². The van der Waals surface area contributed by atoms with E-state index in [0.29, 0.717) is 19.5 Å². The molecule has 174 valence electrons. The first-order valence-electron chi connectivity index (χ1n) is 11.7. The number of nitrogens with one attached hydrogen (secondary N) is 1. The fraction of sp³-hybridized carbons (Fsp3) is 0.444. The highest BCUT2D eigenvalue weighted by Gasteiger charge is 2.46. The lowest BCUT2D eigenvalue weighted by Crippen LogP contribution is -2.59. The van der Waals surface area contributed by atoms with Gasteiger partial charge in [0.15, 0.2) is 5.78 Å². The Labute approximate surface area is 195 Å². The summed E-state index contributed by atoms with van der Waals surface area (Å²) in [4.78, 5) is 40.8. The van der Waals surface area contributed by atoms with Crippen molar-refractivity contribution in [3.63, 3.8) is 0 Å². The molecule has 2 amide bonds. The van der Waals surface area contributed by atoms with Crippen molar-refractivity contribution in [3.05, 3.63) is 71.3 Å². The van der Waals surface area contributed by atoms with Gasteiger partial charge >= 0.3 is 0 Å². The molecular weight excluding hydrogens is 414 g/mol. The zero-order chi connectivity index (χ0) is 23.8. The Morgan fingerprint density at radius 2 is 1.64 bits per heavy atom. The van der Waals surface area contributed by atoms with Gasteiger partial charge in [-0.2, -0.15) is 0 Å². The Balaban J connectivity index is 1.54. The van der Waals surface area contributed by atoms with E-state index in [9.17, 15) is 14.4 Å². The van der Waals surface area contributed by atoms with Crippen LogP contribution in [0.4, 0.5) is 0 Å². The highest BCUT2D eigenvalue weighted by Crippen LogP contribution is 2.46. The molecule has 1 saturated heterocycles. The van der Waals surface area contributed by atoms with Crippen LogP contribution in [0.5, 0.6) is 0 Å². The molecule has 0 aromatic heterocycles. The maximum atomic E-state index is 13.7. The van der Waals surface area contributed by atoms with Gasteiger partial charge in [-0.15, -0.1) is 0 Å². The van der Waals surface area contributed by atoms with Crippen LogP contribution in [-0.2, 0) is 15.0 Å². The number of hydrogen-bond acceptors (Lipinski definition) is 4. The lowest BCUT2D eigenvalue weighted by Gasteiger charge is -2.41. The summed E-state index contributed by atoms with van der Waals surface area (Å²) < 4.78 is 0. The molecule has 1 aliphatic heterocycles. The molecule has 2 aliphatic rings. The standard InChI is InChI=1S/C27H33N3O3/c1-18(19-9-5-4-6-10-19)23(29-25(33)26(2,3)28)24(32)30-15-13-27(14-16-30)17-22(31)20-11-7-8-12-21(20)27/h4-12,18,23H,13-17,28H2,1-3H3,(H,29,33)/t18-,23-/m0/s1. The number of piperidine rings is 1. The Hall–Kier alpha value is -2.99. The fourth-order valence-electron chi connectivity index (χ4n) is 5.16. The van der Waals surface area contributed by atoms with Crippen LogP contribution in [0.1, 0.15) is 67.4 Å². The molecule has 1 aliphatic carbocycles. The minimum absolute atomic E-state index is 0.101. The summed E-state index contributed by atoms with van der Waals surface area (Å²) >= 11 is 0. The highest BCUT2D eigenvalue weighted by molar-refractivity contribution is 6.02. The first-order chi connectivity index (χ1) is 15.6. The van der Waals surface area contributed by atoms with E-state index in [4.69, 9.17) is 5.73 Å². The number of nitrogens with zero attached hydrogens (tertiary/aromatic N) is 1. The number of benzene rings is 2. The van der Waals surface area contributed by atoms with E-state index < -0.39 is 11.6 Å². The number of fused-ring (bicyclic) bond motifs is 2. The molecule has 6 heteroatoms. The van der Waals surface area contributed by atoms with Gasteiger partial charge in [-0.3, -0.25) is 14.4 Å². The Morgan fingerprint density at radius 1 is 1.03 bits per heavy atom. The zero-order valence-corrected chi connectivity index (χ0v) is 19.6. The number of hydrogen-bond donors (Lipinski definition) is 2. The molecule has 2 aromatic carbocycles. The number of carbonyl (C=O) groups is 3. The number of ketones is 1. The van der Waals surface area contributed by atoms with Gasteiger partial charge in [-0.25, -0.2) is 0 Å². The molecule has 0 unspecified atom stereocenters. The molecule has 4 rings (SSSR count). The Bertz CT molecular complexity index is 1050. The summed E-state index contributed by atoms with van der Waals surface area (Å²) in [5, 5.41) is 2.93. The van der Waals surface area contributed by atoms with Crippen molar-refractivity contribution in [2.45, 2.75) is 62.9 Å². The average molecular weight is 448 g/mol. The van der Waals surface area contributed by atoms with E-state index in [-0.39, 0.29) is 28.9 Å². The Morgan fingerprint density at radius 3 is 2.27 bits per heavy atom. The number of Topliss-reactive ketones (excluding diaryl/α,β-unsaturated/α-hetero) is 1. The van der Waals surface area contributed by atoms with E-state index in [1.54, 1.807) is 13.8 Å². The number of amides is 2. The third kappa shape index (κ3) is 4.44. The van der Waals surface area contributed by atoms with Gasteiger partial charge < -0.3 is 16.0 Å². The van der Waals surface area contributed by atoms with Crippen molar-refractivity contribution >= 4 is 17.6 Å². The minimum Gasteiger partial charge on any atom is -0.342 e. The highest BCUT2D eigenvalue weighted by atomic mass is 16.2. The number of carbonyl (C=O) groups excluding carboxylic acids is 3. The molecular formula is C27H33N3O3. The largest absolute Gasteiger partial charge is 0.342 e. The van der Waals surface area contributed by atoms with Crippen molar-refractivity contribution in [2.24, 2.45) is 5.73 Å². The second-order valence-corrected chi connectivity index (χ2v) is 10.1. The molecule has 0 bridgehead atoms. The summed E-state index contributed by atoms with van der Waals surface area (Å²) in [6.45, 7) is 6.34. The smallest absolute Gasteiger partial charge is 0.245 e. The van der Waals surface area contributed by atoms with Crippen LogP contribution in [0.2, 0.25) is 0 Å². The second-order valence-electron chi connectivity index (χ2n) is 10.1. The summed E-state index contributed by atoms with van der Waals surface area (Å²) in [5.74, 6) is -0.475. The van der Waals surface area contributed by atoms with Crippen molar-refractivity contribution in [1.29, 1.82) is 0 Å². The van der Waals surface area contributed by atoms with Crippen molar-refractivity contribution in [1.82, 2.24) is 10.2 Å².